The minimum Gasteiger partial charge on any atom is -0.493 e. The fraction of sp³-hybridized carbons (Fsp3) is 0.529. The maximum absolute atomic E-state index is 12.5. The van der Waals surface area contributed by atoms with Crippen LogP contribution in [0.1, 0.15) is 18.9 Å². The second-order valence-corrected chi connectivity index (χ2v) is 6.04. The van der Waals surface area contributed by atoms with E-state index in [1.54, 1.807) is 31.3 Å². The van der Waals surface area contributed by atoms with E-state index in [-0.39, 0.29) is 24.8 Å². The summed E-state index contributed by atoms with van der Waals surface area (Å²) in [7, 11) is 3.11. The number of carboxylic acids is 1. The number of carboxylic acid groups (broad SMARTS) is 1. The standard InChI is InChI=1S/C17H23NO5/c1-11-6-13(17(20)21)10-18(9-11)16(19)8-12-4-5-14(22-2)15(7-12)23-3/h4-5,7,11,13H,6,8-10H2,1-3H3,(H,20,21). The molecule has 1 aromatic rings. The zero-order chi connectivity index (χ0) is 17.0. The summed E-state index contributed by atoms with van der Waals surface area (Å²) < 4.78 is 10.4. The Morgan fingerprint density at radius 1 is 1.22 bits per heavy atom. The molecule has 1 N–H and O–H groups in total. The van der Waals surface area contributed by atoms with Crippen molar-refractivity contribution in [3.05, 3.63) is 23.8 Å². The molecule has 6 nitrogen and oxygen atoms in total. The van der Waals surface area contributed by atoms with E-state index < -0.39 is 11.9 Å². The van der Waals surface area contributed by atoms with Crippen LogP contribution in [0, 0.1) is 11.8 Å². The summed E-state index contributed by atoms with van der Waals surface area (Å²) in [5, 5.41) is 9.20. The number of hydrogen-bond donors (Lipinski definition) is 1. The summed E-state index contributed by atoms with van der Waals surface area (Å²) in [4.78, 5) is 25.4. The topological polar surface area (TPSA) is 76.1 Å². The average Bonchev–Trinajstić information content (AvgIpc) is 2.53. The van der Waals surface area contributed by atoms with Crippen LogP contribution in [-0.4, -0.2) is 49.2 Å². The van der Waals surface area contributed by atoms with E-state index in [0.717, 1.165) is 5.56 Å². The zero-order valence-electron chi connectivity index (χ0n) is 13.7. The van der Waals surface area contributed by atoms with Crippen molar-refractivity contribution in [2.45, 2.75) is 19.8 Å². The Labute approximate surface area is 136 Å². The van der Waals surface area contributed by atoms with Crippen molar-refractivity contribution in [1.82, 2.24) is 4.90 Å². The highest BCUT2D eigenvalue weighted by atomic mass is 16.5. The predicted molar refractivity (Wildman–Crippen MR) is 84.7 cm³/mol. The minimum absolute atomic E-state index is 0.0602. The van der Waals surface area contributed by atoms with Crippen LogP contribution in [0.3, 0.4) is 0 Å². The normalized spacial score (nSPS) is 20.9. The van der Waals surface area contributed by atoms with Gasteiger partial charge in [0.05, 0.1) is 26.6 Å². The van der Waals surface area contributed by atoms with Crippen molar-refractivity contribution in [3.63, 3.8) is 0 Å². The number of benzene rings is 1. The Balaban J connectivity index is 2.07. The van der Waals surface area contributed by atoms with Crippen LogP contribution in [0.2, 0.25) is 0 Å². The summed E-state index contributed by atoms with van der Waals surface area (Å²) in [6.07, 6.45) is 0.842. The van der Waals surface area contributed by atoms with Gasteiger partial charge in [-0.25, -0.2) is 0 Å². The van der Waals surface area contributed by atoms with Crippen molar-refractivity contribution in [2.75, 3.05) is 27.3 Å². The van der Waals surface area contributed by atoms with Crippen LogP contribution in [0.4, 0.5) is 0 Å². The lowest BCUT2D eigenvalue weighted by atomic mass is 9.90. The average molecular weight is 321 g/mol. The molecule has 23 heavy (non-hydrogen) atoms. The molecule has 1 heterocycles. The van der Waals surface area contributed by atoms with E-state index in [2.05, 4.69) is 0 Å². The van der Waals surface area contributed by atoms with Crippen LogP contribution in [0.5, 0.6) is 11.5 Å². The highest BCUT2D eigenvalue weighted by molar-refractivity contribution is 5.80. The highest BCUT2D eigenvalue weighted by Crippen LogP contribution is 2.28. The van der Waals surface area contributed by atoms with Crippen molar-refractivity contribution in [3.8, 4) is 11.5 Å². The minimum atomic E-state index is -0.833. The number of carbonyl (C=O) groups excluding carboxylic acids is 1. The number of nitrogens with zero attached hydrogens (tertiary/aromatic N) is 1. The number of carbonyl (C=O) groups is 2. The molecule has 6 heteroatoms. The number of hydrogen-bond acceptors (Lipinski definition) is 4. The van der Waals surface area contributed by atoms with Crippen molar-refractivity contribution in [1.29, 1.82) is 0 Å². The molecule has 0 saturated carbocycles. The smallest absolute Gasteiger partial charge is 0.308 e. The third-order valence-electron chi connectivity index (χ3n) is 4.16. The number of methoxy groups -OCH3 is 2. The number of piperidine rings is 1. The molecule has 2 rings (SSSR count). The Kier molecular flexibility index (Phi) is 5.47. The van der Waals surface area contributed by atoms with Crippen molar-refractivity contribution in [2.24, 2.45) is 11.8 Å². The molecule has 0 bridgehead atoms. The molecule has 0 aliphatic carbocycles. The van der Waals surface area contributed by atoms with Crippen molar-refractivity contribution < 1.29 is 24.2 Å². The molecule has 0 spiro atoms. The number of likely N-dealkylation sites (tertiary alicyclic amines) is 1. The lowest BCUT2D eigenvalue weighted by molar-refractivity contribution is -0.146. The van der Waals surface area contributed by atoms with Gasteiger partial charge in [0.25, 0.3) is 0 Å². The van der Waals surface area contributed by atoms with Crippen LogP contribution < -0.4 is 9.47 Å². The summed E-state index contributed by atoms with van der Waals surface area (Å²) in [5.74, 6) is 0.0113. The maximum atomic E-state index is 12.5. The molecule has 0 radical (unpaired) electrons. The monoisotopic (exact) mass is 321 g/mol. The quantitative estimate of drug-likeness (QED) is 0.895. The fourth-order valence-corrected chi connectivity index (χ4v) is 3.01. The molecule has 0 aromatic heterocycles. The van der Waals surface area contributed by atoms with Crippen molar-refractivity contribution >= 4 is 11.9 Å². The first kappa shape index (κ1) is 17.1. The maximum Gasteiger partial charge on any atom is 0.308 e. The summed E-state index contributed by atoms with van der Waals surface area (Å²) in [6, 6.07) is 5.36. The molecule has 1 aliphatic rings. The molecule has 2 unspecified atom stereocenters. The highest BCUT2D eigenvalue weighted by Gasteiger charge is 2.31. The van der Waals surface area contributed by atoms with Gasteiger partial charge in [0.2, 0.25) is 5.91 Å². The Hall–Kier alpha value is -2.24. The van der Waals surface area contributed by atoms with Gasteiger partial charge >= 0.3 is 5.97 Å². The lowest BCUT2D eigenvalue weighted by Gasteiger charge is -2.34. The molecule has 1 aliphatic heterocycles. The molecule has 1 aromatic carbocycles. The summed E-state index contributed by atoms with van der Waals surface area (Å²) in [5.41, 5.74) is 0.817. The number of amides is 1. The van der Waals surface area contributed by atoms with Crippen LogP contribution >= 0.6 is 0 Å². The fourth-order valence-electron chi connectivity index (χ4n) is 3.01. The lowest BCUT2D eigenvalue weighted by Crippen LogP contribution is -2.46. The van der Waals surface area contributed by atoms with Gasteiger partial charge in [-0.2, -0.15) is 0 Å². The first-order valence-electron chi connectivity index (χ1n) is 7.66. The first-order valence-corrected chi connectivity index (χ1v) is 7.66. The summed E-state index contributed by atoms with van der Waals surface area (Å²) in [6.45, 7) is 2.87. The van der Waals surface area contributed by atoms with E-state index >= 15 is 0 Å². The van der Waals surface area contributed by atoms with E-state index in [0.29, 0.717) is 24.5 Å². The molecule has 126 valence electrons. The second kappa shape index (κ2) is 7.35. The second-order valence-electron chi connectivity index (χ2n) is 6.04. The Morgan fingerprint density at radius 3 is 2.52 bits per heavy atom. The van der Waals surface area contributed by atoms with Gasteiger partial charge in [-0.3, -0.25) is 9.59 Å². The number of ether oxygens (including phenoxy) is 2. The van der Waals surface area contributed by atoms with Gasteiger partial charge in [-0.15, -0.1) is 0 Å². The van der Waals surface area contributed by atoms with Gasteiger partial charge in [0, 0.05) is 13.1 Å². The largest absolute Gasteiger partial charge is 0.493 e. The van der Waals surface area contributed by atoms with E-state index in [9.17, 15) is 14.7 Å². The molecular formula is C17H23NO5. The molecule has 2 atom stereocenters. The van der Waals surface area contributed by atoms with Gasteiger partial charge in [0.15, 0.2) is 11.5 Å². The number of rotatable bonds is 5. The van der Waals surface area contributed by atoms with Crippen LogP contribution in [0.25, 0.3) is 0 Å². The number of aliphatic carboxylic acids is 1. The van der Waals surface area contributed by atoms with E-state index in [1.807, 2.05) is 13.0 Å². The molecule has 1 amide bonds. The molecular weight excluding hydrogens is 298 g/mol. The van der Waals surface area contributed by atoms with Gasteiger partial charge in [-0.1, -0.05) is 13.0 Å². The third-order valence-corrected chi connectivity index (χ3v) is 4.16. The molecule has 1 saturated heterocycles. The van der Waals surface area contributed by atoms with E-state index in [4.69, 9.17) is 9.47 Å². The zero-order valence-corrected chi connectivity index (χ0v) is 13.7. The first-order chi connectivity index (χ1) is 10.9. The van der Waals surface area contributed by atoms with Gasteiger partial charge in [-0.05, 0) is 30.0 Å². The van der Waals surface area contributed by atoms with Gasteiger partial charge in [0.1, 0.15) is 0 Å². The Bertz CT molecular complexity index is 586. The SMILES string of the molecule is COc1ccc(CC(=O)N2CC(C)CC(C(=O)O)C2)cc1OC. The van der Waals surface area contributed by atoms with E-state index in [1.165, 1.54) is 0 Å². The molecule has 1 fully saturated rings. The third kappa shape index (κ3) is 4.15. The predicted octanol–water partition coefficient (Wildman–Crippen LogP) is 1.82. The summed E-state index contributed by atoms with van der Waals surface area (Å²) >= 11 is 0. The van der Waals surface area contributed by atoms with Crippen LogP contribution in [-0.2, 0) is 16.0 Å². The Morgan fingerprint density at radius 2 is 1.91 bits per heavy atom. The van der Waals surface area contributed by atoms with Crippen LogP contribution in [0.15, 0.2) is 18.2 Å². The van der Waals surface area contributed by atoms with Gasteiger partial charge < -0.3 is 19.5 Å².